The SMILES string of the molecule is CCn1ccc(-c2cc(C(=O)Nc3cccc(C)c3)c3c(-c4ccccc4)noc3n2)n1. The summed E-state index contributed by atoms with van der Waals surface area (Å²) in [7, 11) is 0. The second-order valence-corrected chi connectivity index (χ2v) is 7.51. The predicted octanol–water partition coefficient (Wildman–Crippen LogP) is 5.33. The molecule has 0 fully saturated rings. The molecule has 5 rings (SSSR count). The Morgan fingerprint density at radius 1 is 1.03 bits per heavy atom. The average molecular weight is 423 g/mol. The molecule has 0 aliphatic rings. The monoisotopic (exact) mass is 423 g/mol. The van der Waals surface area contributed by atoms with E-state index >= 15 is 0 Å². The molecule has 0 saturated heterocycles. The summed E-state index contributed by atoms with van der Waals surface area (Å²) in [6.07, 6.45) is 1.88. The first kappa shape index (κ1) is 19.7. The maximum Gasteiger partial charge on any atom is 0.259 e. The van der Waals surface area contributed by atoms with Crippen LogP contribution in [0.15, 0.2) is 77.4 Å². The predicted molar refractivity (Wildman–Crippen MR) is 123 cm³/mol. The molecule has 0 atom stereocenters. The lowest BCUT2D eigenvalue weighted by atomic mass is 10.0. The van der Waals surface area contributed by atoms with Crippen LogP contribution in [0.25, 0.3) is 33.7 Å². The van der Waals surface area contributed by atoms with Crippen LogP contribution in [0.2, 0.25) is 0 Å². The van der Waals surface area contributed by atoms with Crippen LogP contribution in [-0.2, 0) is 6.54 Å². The summed E-state index contributed by atoms with van der Waals surface area (Å²) in [5.74, 6) is -0.264. The molecule has 0 unspecified atom stereocenters. The summed E-state index contributed by atoms with van der Waals surface area (Å²) < 4.78 is 7.39. The molecule has 7 heteroatoms. The number of carbonyl (C=O) groups is 1. The molecule has 2 aromatic carbocycles. The maximum atomic E-state index is 13.4. The van der Waals surface area contributed by atoms with Gasteiger partial charge >= 0.3 is 0 Å². The van der Waals surface area contributed by atoms with Gasteiger partial charge in [0.1, 0.15) is 11.4 Å². The van der Waals surface area contributed by atoms with Crippen molar-refractivity contribution in [2.75, 3.05) is 5.32 Å². The van der Waals surface area contributed by atoms with Gasteiger partial charge in [-0.25, -0.2) is 4.98 Å². The van der Waals surface area contributed by atoms with Gasteiger partial charge in [0.25, 0.3) is 11.6 Å². The second kappa shape index (κ2) is 8.11. The normalized spacial score (nSPS) is 11.1. The first-order valence-electron chi connectivity index (χ1n) is 10.4. The molecule has 5 aromatic rings. The van der Waals surface area contributed by atoms with Gasteiger partial charge in [-0.15, -0.1) is 0 Å². The van der Waals surface area contributed by atoms with Crippen LogP contribution in [0.3, 0.4) is 0 Å². The van der Waals surface area contributed by atoms with Crippen LogP contribution in [0.1, 0.15) is 22.8 Å². The van der Waals surface area contributed by atoms with Crippen molar-refractivity contribution in [2.24, 2.45) is 0 Å². The molecule has 3 aromatic heterocycles. The van der Waals surface area contributed by atoms with Crippen molar-refractivity contribution in [3.63, 3.8) is 0 Å². The summed E-state index contributed by atoms with van der Waals surface area (Å²) in [5.41, 5.74) is 5.14. The van der Waals surface area contributed by atoms with Crippen molar-refractivity contribution >= 4 is 22.7 Å². The Bertz CT molecular complexity index is 1420. The van der Waals surface area contributed by atoms with E-state index in [0.717, 1.165) is 23.4 Å². The van der Waals surface area contributed by atoms with Crippen molar-refractivity contribution in [2.45, 2.75) is 20.4 Å². The van der Waals surface area contributed by atoms with E-state index in [4.69, 9.17) is 4.52 Å². The summed E-state index contributed by atoms with van der Waals surface area (Å²) in [4.78, 5) is 18.1. The smallest absolute Gasteiger partial charge is 0.259 e. The number of amides is 1. The van der Waals surface area contributed by atoms with Crippen molar-refractivity contribution < 1.29 is 9.32 Å². The van der Waals surface area contributed by atoms with E-state index in [1.807, 2.05) is 85.4 Å². The minimum atomic E-state index is -0.264. The minimum Gasteiger partial charge on any atom is -0.335 e. The number of anilines is 1. The number of fused-ring (bicyclic) bond motifs is 1. The van der Waals surface area contributed by atoms with Gasteiger partial charge in [0.05, 0.1) is 16.6 Å². The van der Waals surface area contributed by atoms with Crippen LogP contribution in [0.5, 0.6) is 0 Å². The molecule has 0 radical (unpaired) electrons. The third-order valence-electron chi connectivity index (χ3n) is 5.24. The summed E-state index contributed by atoms with van der Waals surface area (Å²) in [5, 5.41) is 12.3. The van der Waals surface area contributed by atoms with Crippen LogP contribution in [-0.4, -0.2) is 25.8 Å². The van der Waals surface area contributed by atoms with Crippen LogP contribution < -0.4 is 5.32 Å². The highest BCUT2D eigenvalue weighted by atomic mass is 16.5. The van der Waals surface area contributed by atoms with E-state index in [-0.39, 0.29) is 5.91 Å². The number of rotatable bonds is 5. The van der Waals surface area contributed by atoms with Gasteiger partial charge in [0.15, 0.2) is 0 Å². The molecule has 32 heavy (non-hydrogen) atoms. The number of carbonyl (C=O) groups excluding carboxylic acids is 1. The number of benzene rings is 2. The van der Waals surface area contributed by atoms with Crippen molar-refractivity contribution in [3.8, 4) is 22.6 Å². The summed E-state index contributed by atoms with van der Waals surface area (Å²) in [6, 6.07) is 20.9. The van der Waals surface area contributed by atoms with E-state index < -0.39 is 0 Å². The molecule has 158 valence electrons. The van der Waals surface area contributed by atoms with E-state index in [1.54, 1.807) is 6.07 Å². The summed E-state index contributed by atoms with van der Waals surface area (Å²) in [6.45, 7) is 4.73. The van der Waals surface area contributed by atoms with Crippen molar-refractivity contribution in [1.29, 1.82) is 0 Å². The molecular weight excluding hydrogens is 402 g/mol. The zero-order chi connectivity index (χ0) is 22.1. The van der Waals surface area contributed by atoms with Gasteiger partial charge in [-0.2, -0.15) is 5.10 Å². The molecular formula is C25H21N5O2. The molecule has 0 spiro atoms. The first-order valence-corrected chi connectivity index (χ1v) is 10.4. The number of hydrogen-bond donors (Lipinski definition) is 1. The minimum absolute atomic E-state index is 0.264. The molecule has 0 bridgehead atoms. The van der Waals surface area contributed by atoms with Gasteiger partial charge in [-0.05, 0) is 43.7 Å². The average Bonchev–Trinajstić information content (AvgIpc) is 3.46. The van der Waals surface area contributed by atoms with Gasteiger partial charge < -0.3 is 9.84 Å². The third-order valence-corrected chi connectivity index (χ3v) is 5.24. The number of aromatic nitrogens is 4. The maximum absolute atomic E-state index is 13.4. The molecule has 3 heterocycles. The Morgan fingerprint density at radius 2 is 1.88 bits per heavy atom. The van der Waals surface area contributed by atoms with Crippen molar-refractivity contribution in [1.82, 2.24) is 19.9 Å². The topological polar surface area (TPSA) is 85.8 Å². The molecule has 1 N–H and O–H groups in total. The quantitative estimate of drug-likeness (QED) is 0.413. The lowest BCUT2D eigenvalue weighted by Gasteiger charge is -2.09. The fraction of sp³-hybridized carbons (Fsp3) is 0.120. The van der Waals surface area contributed by atoms with Crippen LogP contribution in [0, 0.1) is 6.92 Å². The molecule has 7 nitrogen and oxygen atoms in total. The molecule has 0 saturated carbocycles. The highest BCUT2D eigenvalue weighted by molar-refractivity contribution is 6.15. The highest BCUT2D eigenvalue weighted by Gasteiger charge is 2.23. The lowest BCUT2D eigenvalue weighted by Crippen LogP contribution is -2.13. The third kappa shape index (κ3) is 3.65. The Hall–Kier alpha value is -4.26. The Kier molecular flexibility index (Phi) is 4.99. The van der Waals surface area contributed by atoms with Gasteiger partial charge in [-0.1, -0.05) is 47.6 Å². The molecule has 1 amide bonds. The highest BCUT2D eigenvalue weighted by Crippen LogP contribution is 2.32. The molecule has 0 aliphatic heterocycles. The van der Waals surface area contributed by atoms with Crippen molar-refractivity contribution in [3.05, 3.63) is 84.1 Å². The standard InChI is InChI=1S/C25H21N5O2/c1-3-30-13-12-20(28-30)21-15-19(24(31)26-18-11-7-8-16(2)14-18)22-23(29-32-25(22)27-21)17-9-5-4-6-10-17/h4-15H,3H2,1-2H3,(H,26,31). The van der Waals surface area contributed by atoms with E-state index in [9.17, 15) is 4.79 Å². The number of hydrogen-bond acceptors (Lipinski definition) is 5. The lowest BCUT2D eigenvalue weighted by molar-refractivity contribution is 0.102. The fourth-order valence-electron chi connectivity index (χ4n) is 3.65. The summed E-state index contributed by atoms with van der Waals surface area (Å²) >= 11 is 0. The van der Waals surface area contributed by atoms with E-state index in [2.05, 4.69) is 20.6 Å². The Morgan fingerprint density at radius 3 is 2.62 bits per heavy atom. The number of nitrogens with one attached hydrogen (secondary N) is 1. The zero-order valence-electron chi connectivity index (χ0n) is 17.7. The van der Waals surface area contributed by atoms with Gasteiger partial charge in [-0.3, -0.25) is 9.48 Å². The Balaban J connectivity index is 1.67. The van der Waals surface area contributed by atoms with Crippen LogP contribution >= 0.6 is 0 Å². The first-order chi connectivity index (χ1) is 15.6. The largest absolute Gasteiger partial charge is 0.335 e. The molecule has 0 aliphatic carbocycles. The number of pyridine rings is 1. The van der Waals surface area contributed by atoms with E-state index in [0.29, 0.717) is 33.7 Å². The fourth-order valence-corrected chi connectivity index (χ4v) is 3.65. The van der Waals surface area contributed by atoms with Crippen LogP contribution in [0.4, 0.5) is 5.69 Å². The number of nitrogens with zero attached hydrogens (tertiary/aromatic N) is 4. The zero-order valence-corrected chi connectivity index (χ0v) is 17.7. The second-order valence-electron chi connectivity index (χ2n) is 7.51. The number of aryl methyl sites for hydroxylation is 2. The van der Waals surface area contributed by atoms with E-state index in [1.165, 1.54) is 0 Å². The Labute approximate surface area is 184 Å². The van der Waals surface area contributed by atoms with Gasteiger partial charge in [0, 0.05) is 24.0 Å². The van der Waals surface area contributed by atoms with Gasteiger partial charge in [0.2, 0.25) is 0 Å².